The summed E-state index contributed by atoms with van der Waals surface area (Å²) in [6.45, 7) is 7.06. The molecule has 0 bridgehead atoms. The first-order chi connectivity index (χ1) is 18.8. The highest BCUT2D eigenvalue weighted by atomic mass is 16.5. The van der Waals surface area contributed by atoms with Gasteiger partial charge in [-0.3, -0.25) is 19.9 Å². The molecule has 4 amide bonds. The summed E-state index contributed by atoms with van der Waals surface area (Å²) in [6.07, 6.45) is 5.37. The quantitative estimate of drug-likeness (QED) is 0.156. The number of likely N-dealkylation sites (tertiary alicyclic amines) is 2. The van der Waals surface area contributed by atoms with Gasteiger partial charge in [0.25, 0.3) is 0 Å². The zero-order valence-corrected chi connectivity index (χ0v) is 22.8. The monoisotopic (exact) mass is 549 g/mol. The van der Waals surface area contributed by atoms with Crippen molar-refractivity contribution in [2.45, 2.75) is 51.0 Å². The van der Waals surface area contributed by atoms with Gasteiger partial charge in [0.15, 0.2) is 12.0 Å². The van der Waals surface area contributed by atoms with Gasteiger partial charge in [0.2, 0.25) is 11.8 Å². The number of guanidine groups is 1. The van der Waals surface area contributed by atoms with E-state index in [4.69, 9.17) is 15.9 Å². The molecule has 0 aromatic heterocycles. The Morgan fingerprint density at radius 1 is 0.949 bits per heavy atom. The summed E-state index contributed by atoms with van der Waals surface area (Å²) >= 11 is 0. The van der Waals surface area contributed by atoms with Gasteiger partial charge in [-0.05, 0) is 44.6 Å². The number of carboxylic acid groups (broad SMARTS) is 1. The van der Waals surface area contributed by atoms with Crippen LogP contribution in [0.15, 0.2) is 0 Å². The number of nitrogens with zero attached hydrogens (tertiary/aromatic N) is 5. The molecule has 0 aromatic rings. The molecule has 0 aliphatic carbocycles. The van der Waals surface area contributed by atoms with Crippen molar-refractivity contribution in [3.05, 3.63) is 0 Å². The van der Waals surface area contributed by atoms with E-state index in [-0.39, 0.29) is 30.9 Å². The van der Waals surface area contributed by atoms with Crippen LogP contribution in [0, 0.1) is 17.2 Å². The van der Waals surface area contributed by atoms with Crippen LogP contribution in [0.25, 0.3) is 0 Å². The van der Waals surface area contributed by atoms with Crippen LogP contribution in [0.4, 0.5) is 4.79 Å². The minimum atomic E-state index is -1.19. The average molecular weight is 550 g/mol. The van der Waals surface area contributed by atoms with Crippen LogP contribution in [0.1, 0.15) is 44.9 Å². The predicted octanol–water partition coefficient (Wildman–Crippen LogP) is 0.0504. The van der Waals surface area contributed by atoms with E-state index in [1.807, 2.05) is 0 Å². The number of piperazine rings is 1. The van der Waals surface area contributed by atoms with Crippen molar-refractivity contribution in [1.82, 2.24) is 24.5 Å². The molecule has 3 atom stereocenters. The fourth-order valence-corrected chi connectivity index (χ4v) is 6.18. The number of rotatable bonds is 9. The molecule has 4 fully saturated rings. The highest BCUT2D eigenvalue weighted by Crippen LogP contribution is 2.36. The fraction of sp³-hybridized carbons (Fsp3) is 0.808. The molecule has 4 N–H and O–H groups in total. The minimum absolute atomic E-state index is 0.0207. The van der Waals surface area contributed by atoms with Gasteiger partial charge in [-0.15, -0.1) is 0 Å². The van der Waals surface area contributed by atoms with Crippen LogP contribution in [0.3, 0.4) is 0 Å². The zero-order valence-electron chi connectivity index (χ0n) is 22.8. The first kappa shape index (κ1) is 29.1. The number of nitrogens with two attached hydrogens (primary N) is 1. The third-order valence-corrected chi connectivity index (χ3v) is 8.49. The number of hydrogen-bond donors (Lipinski definition) is 3. The topological polar surface area (TPSA) is 164 Å². The Bertz CT molecular complexity index is 918. The maximum atomic E-state index is 13.1. The number of carbonyl (C=O) groups excluding carboxylic acids is 3. The smallest absolute Gasteiger partial charge is 0.327 e. The Balaban J connectivity index is 1.19. The highest BCUT2D eigenvalue weighted by Gasteiger charge is 2.56. The summed E-state index contributed by atoms with van der Waals surface area (Å²) in [4.78, 5) is 59.0. The number of piperidine rings is 1. The highest BCUT2D eigenvalue weighted by molar-refractivity contribution is 6.07. The van der Waals surface area contributed by atoms with E-state index in [1.54, 1.807) is 9.80 Å². The Morgan fingerprint density at radius 2 is 1.64 bits per heavy atom. The maximum absolute atomic E-state index is 13.1. The summed E-state index contributed by atoms with van der Waals surface area (Å²) in [6, 6.07) is -1.78. The molecule has 4 aliphatic heterocycles. The van der Waals surface area contributed by atoms with Crippen LogP contribution < -0.4 is 5.73 Å². The molecule has 13 heteroatoms. The summed E-state index contributed by atoms with van der Waals surface area (Å²) in [5.74, 6) is -2.30. The average Bonchev–Trinajstić information content (AvgIpc) is 2.94. The van der Waals surface area contributed by atoms with Gasteiger partial charge >= 0.3 is 12.0 Å². The number of unbranched alkanes of at least 4 members (excludes halogenated alkanes) is 2. The third-order valence-electron chi connectivity index (χ3n) is 8.49. The number of hydrogen-bond acceptors (Lipinski definition) is 7. The minimum Gasteiger partial charge on any atom is -0.480 e. The molecule has 39 heavy (non-hydrogen) atoms. The van der Waals surface area contributed by atoms with Gasteiger partial charge in [-0.25, -0.2) is 14.5 Å². The largest absolute Gasteiger partial charge is 0.480 e. The van der Waals surface area contributed by atoms with Gasteiger partial charge in [-0.1, -0.05) is 6.42 Å². The summed E-state index contributed by atoms with van der Waals surface area (Å²) in [5.41, 5.74) is 5.60. The number of urea groups is 1. The lowest BCUT2D eigenvalue weighted by atomic mass is 9.78. The van der Waals surface area contributed by atoms with Crippen molar-refractivity contribution in [3.63, 3.8) is 0 Å². The number of morpholine rings is 1. The maximum Gasteiger partial charge on any atom is 0.327 e. The Labute approximate surface area is 229 Å². The van der Waals surface area contributed by atoms with Crippen LogP contribution in [-0.4, -0.2) is 138 Å². The van der Waals surface area contributed by atoms with Gasteiger partial charge in [-0.2, -0.15) is 0 Å². The second kappa shape index (κ2) is 13.4. The molecule has 0 spiro atoms. The van der Waals surface area contributed by atoms with E-state index < -0.39 is 29.9 Å². The number of aliphatic carboxylic acids is 1. The number of carboxylic acids is 1. The number of carbonyl (C=O) groups is 4. The predicted molar refractivity (Wildman–Crippen MR) is 142 cm³/mol. The molecule has 13 nitrogen and oxygen atoms in total. The van der Waals surface area contributed by atoms with Crippen molar-refractivity contribution in [2.24, 2.45) is 17.6 Å². The van der Waals surface area contributed by atoms with Gasteiger partial charge < -0.3 is 30.3 Å². The first-order valence-corrected chi connectivity index (χ1v) is 14.3. The molecular weight excluding hydrogens is 506 g/mol. The number of ether oxygens (including phenoxy) is 1. The molecule has 4 heterocycles. The van der Waals surface area contributed by atoms with Crippen LogP contribution >= 0.6 is 0 Å². The first-order valence-electron chi connectivity index (χ1n) is 14.3. The third kappa shape index (κ3) is 7.18. The van der Waals surface area contributed by atoms with E-state index in [0.29, 0.717) is 39.0 Å². The fourth-order valence-electron chi connectivity index (χ4n) is 6.18. The molecular formula is C26H43N7O6. The summed E-state index contributed by atoms with van der Waals surface area (Å²) in [5, 5.41) is 17.5. The molecule has 4 saturated heterocycles. The van der Waals surface area contributed by atoms with Crippen molar-refractivity contribution in [2.75, 3.05) is 72.1 Å². The lowest BCUT2D eigenvalue weighted by Crippen LogP contribution is -2.70. The number of β-lactam (4-membered cyclic amide) rings is 1. The summed E-state index contributed by atoms with van der Waals surface area (Å²) in [7, 11) is 0. The van der Waals surface area contributed by atoms with E-state index in [9.17, 15) is 24.3 Å². The normalized spacial score (nSPS) is 26.4. The van der Waals surface area contributed by atoms with E-state index in [0.717, 1.165) is 69.9 Å². The van der Waals surface area contributed by atoms with Crippen molar-refractivity contribution < 1.29 is 29.0 Å². The van der Waals surface area contributed by atoms with Crippen LogP contribution in [0.5, 0.6) is 0 Å². The van der Waals surface area contributed by atoms with Gasteiger partial charge in [0, 0.05) is 58.8 Å². The SMILES string of the molecule is N=C(N)N1CCCC(C[C@H]2C(=O)N(C(=O)N3CCN(C(=O)CCCCCN4CCOCC4)CC3)C2C(=O)O)C1. The number of amides is 4. The van der Waals surface area contributed by atoms with E-state index >= 15 is 0 Å². The van der Waals surface area contributed by atoms with Gasteiger partial charge in [0.1, 0.15) is 0 Å². The number of imide groups is 1. The van der Waals surface area contributed by atoms with Crippen molar-refractivity contribution >= 4 is 29.8 Å². The Kier molecular flexibility index (Phi) is 10.0. The second-order valence-corrected chi connectivity index (χ2v) is 11.1. The van der Waals surface area contributed by atoms with E-state index in [2.05, 4.69) is 4.90 Å². The Morgan fingerprint density at radius 3 is 2.31 bits per heavy atom. The molecule has 218 valence electrons. The molecule has 0 saturated carbocycles. The van der Waals surface area contributed by atoms with Crippen LogP contribution in [-0.2, 0) is 19.1 Å². The standard InChI is InChI=1S/C26H43N7O6/c27-25(28)32-8-4-5-19(18-32)17-20-22(24(36)37)33(23(20)35)26(38)31-11-9-30(10-12-31)21(34)6-2-1-3-7-29-13-15-39-16-14-29/h19-20,22H,1-18H2,(H3,27,28)(H,36,37)/t19?,20-,22?/m1/s1. The molecule has 0 aromatic carbocycles. The lowest BCUT2D eigenvalue weighted by molar-refractivity contribution is -0.167. The van der Waals surface area contributed by atoms with Gasteiger partial charge in [0.05, 0.1) is 19.1 Å². The second-order valence-electron chi connectivity index (χ2n) is 11.1. The molecule has 4 aliphatic rings. The Hall–Kier alpha value is -2.93. The summed E-state index contributed by atoms with van der Waals surface area (Å²) < 4.78 is 5.36. The van der Waals surface area contributed by atoms with Crippen molar-refractivity contribution in [1.29, 1.82) is 5.41 Å². The molecule has 0 radical (unpaired) electrons. The zero-order chi connectivity index (χ0) is 27.9. The van der Waals surface area contributed by atoms with Crippen molar-refractivity contribution in [3.8, 4) is 0 Å². The van der Waals surface area contributed by atoms with Crippen LogP contribution in [0.2, 0.25) is 0 Å². The molecule has 2 unspecified atom stereocenters. The lowest BCUT2D eigenvalue weighted by Gasteiger charge is -2.47. The van der Waals surface area contributed by atoms with E-state index in [1.165, 1.54) is 4.90 Å². The molecule has 4 rings (SSSR count). The number of nitrogens with one attached hydrogen (secondary N) is 1.